The molecule has 2 heterocycles. The molecule has 2 aliphatic rings. The van der Waals surface area contributed by atoms with E-state index in [2.05, 4.69) is 60.2 Å². The van der Waals surface area contributed by atoms with Crippen molar-refractivity contribution in [2.75, 3.05) is 31.6 Å². The van der Waals surface area contributed by atoms with Crippen molar-refractivity contribution in [2.24, 2.45) is 0 Å². The predicted molar refractivity (Wildman–Crippen MR) is 157 cm³/mol. The molecule has 1 aliphatic carbocycles. The van der Waals surface area contributed by atoms with Crippen LogP contribution >= 0.6 is 0 Å². The summed E-state index contributed by atoms with van der Waals surface area (Å²) in [5.41, 5.74) is 6.90. The highest BCUT2D eigenvalue weighted by Crippen LogP contribution is 2.31. The fourth-order valence-electron chi connectivity index (χ4n) is 6.20. The van der Waals surface area contributed by atoms with E-state index in [-0.39, 0.29) is 30.9 Å². The molecular weight excluding hydrogens is 486 g/mol. The molecule has 0 spiro atoms. The Morgan fingerprint density at radius 2 is 1.82 bits per heavy atom. The maximum atomic E-state index is 13.7. The van der Waals surface area contributed by atoms with E-state index < -0.39 is 0 Å². The molecule has 5 rings (SSSR count). The Bertz CT molecular complexity index is 1300. The number of carbonyl (C=O) groups excluding carboxylic acids is 2. The summed E-state index contributed by atoms with van der Waals surface area (Å²) in [4.78, 5) is 30.5. The molecule has 0 fully saturated rings. The maximum absolute atomic E-state index is 13.7. The predicted octanol–water partition coefficient (Wildman–Crippen LogP) is 4.81. The van der Waals surface area contributed by atoms with Gasteiger partial charge in [0.05, 0.1) is 18.6 Å². The summed E-state index contributed by atoms with van der Waals surface area (Å²) in [5.74, 6) is -0.0124. The number of aryl methyl sites for hydroxylation is 3. The van der Waals surface area contributed by atoms with Crippen LogP contribution in [-0.2, 0) is 35.4 Å². The van der Waals surface area contributed by atoms with Crippen molar-refractivity contribution in [3.8, 4) is 0 Å². The van der Waals surface area contributed by atoms with Gasteiger partial charge in [0.1, 0.15) is 0 Å². The zero-order valence-corrected chi connectivity index (χ0v) is 23.8. The minimum absolute atomic E-state index is 0.0340. The van der Waals surface area contributed by atoms with Crippen molar-refractivity contribution in [1.82, 2.24) is 20.0 Å². The molecule has 0 radical (unpaired) electrons. The van der Waals surface area contributed by atoms with Crippen molar-refractivity contribution < 1.29 is 9.59 Å². The van der Waals surface area contributed by atoms with Crippen LogP contribution < -0.4 is 10.2 Å². The van der Waals surface area contributed by atoms with Crippen LogP contribution in [0.1, 0.15) is 67.8 Å². The highest BCUT2D eigenvalue weighted by molar-refractivity contribution is 5.91. The lowest BCUT2D eigenvalue weighted by Crippen LogP contribution is -2.47. The normalized spacial score (nSPS) is 15.1. The summed E-state index contributed by atoms with van der Waals surface area (Å²) in [6, 6.07) is 12.9. The summed E-state index contributed by atoms with van der Waals surface area (Å²) in [6.07, 6.45) is 9.57. The summed E-state index contributed by atoms with van der Waals surface area (Å²) in [7, 11) is 1.91. The fraction of sp³-hybridized carbons (Fsp3) is 0.531. The van der Waals surface area contributed by atoms with Crippen LogP contribution in [0.2, 0.25) is 0 Å². The number of amides is 2. The number of fused-ring (bicyclic) bond motifs is 4. The van der Waals surface area contributed by atoms with E-state index in [4.69, 9.17) is 5.10 Å². The van der Waals surface area contributed by atoms with Gasteiger partial charge in [0.25, 0.3) is 0 Å². The van der Waals surface area contributed by atoms with E-state index in [1.54, 1.807) is 0 Å². The van der Waals surface area contributed by atoms with Gasteiger partial charge in [0.15, 0.2) is 0 Å². The number of unbranched alkanes of at least 4 members (excludes halogenated alkanes) is 2. The minimum atomic E-state index is -0.0463. The third-order valence-electron chi connectivity index (χ3n) is 8.52. The van der Waals surface area contributed by atoms with Gasteiger partial charge in [-0.05, 0) is 74.3 Å². The Labute approximate surface area is 232 Å². The largest absolute Gasteiger partial charge is 0.355 e. The molecule has 0 atom stereocenters. The van der Waals surface area contributed by atoms with Gasteiger partial charge >= 0.3 is 0 Å². The van der Waals surface area contributed by atoms with E-state index in [1.807, 2.05) is 16.8 Å². The second-order valence-corrected chi connectivity index (χ2v) is 11.4. The number of rotatable bonds is 10. The van der Waals surface area contributed by atoms with Crippen molar-refractivity contribution in [2.45, 2.75) is 84.2 Å². The van der Waals surface area contributed by atoms with Crippen LogP contribution in [0.3, 0.4) is 0 Å². The lowest BCUT2D eigenvalue weighted by atomic mass is 10.1. The first-order valence-corrected chi connectivity index (χ1v) is 14.8. The molecule has 7 heteroatoms. The monoisotopic (exact) mass is 529 g/mol. The zero-order valence-electron chi connectivity index (χ0n) is 23.8. The highest BCUT2D eigenvalue weighted by Gasteiger charge is 2.29. The summed E-state index contributed by atoms with van der Waals surface area (Å²) in [6.45, 7) is 6.17. The van der Waals surface area contributed by atoms with Gasteiger partial charge in [0.2, 0.25) is 11.8 Å². The van der Waals surface area contributed by atoms with Crippen LogP contribution in [-0.4, -0.2) is 59.2 Å². The molecule has 0 saturated heterocycles. The third kappa shape index (κ3) is 6.13. The lowest BCUT2D eigenvalue weighted by Gasteiger charge is -2.30. The minimum Gasteiger partial charge on any atom is -0.355 e. The third-order valence-corrected chi connectivity index (χ3v) is 8.52. The molecule has 39 heavy (non-hydrogen) atoms. The first-order chi connectivity index (χ1) is 18.9. The molecule has 3 aromatic rings. The Morgan fingerprint density at radius 3 is 2.56 bits per heavy atom. The van der Waals surface area contributed by atoms with Crippen molar-refractivity contribution >= 4 is 28.4 Å². The van der Waals surface area contributed by atoms with Crippen LogP contribution in [0.25, 0.3) is 10.9 Å². The molecule has 0 unspecified atom stereocenters. The van der Waals surface area contributed by atoms with Crippen molar-refractivity contribution in [3.05, 3.63) is 58.8 Å². The second kappa shape index (κ2) is 12.2. The zero-order chi connectivity index (χ0) is 27.4. The number of likely N-dealkylation sites (N-methyl/N-ethyl adjacent to an activating group) is 1. The average molecular weight is 530 g/mol. The maximum Gasteiger partial charge on any atom is 0.242 e. The molecule has 1 aromatic heterocycles. The number of nitrogens with zero attached hydrogens (tertiary/aromatic N) is 4. The van der Waals surface area contributed by atoms with Gasteiger partial charge in [-0.2, -0.15) is 5.10 Å². The Kier molecular flexibility index (Phi) is 8.53. The van der Waals surface area contributed by atoms with Gasteiger partial charge < -0.3 is 15.1 Å². The Morgan fingerprint density at radius 1 is 1.05 bits per heavy atom. The molecular formula is C32H43N5O2. The molecule has 7 nitrogen and oxygen atoms in total. The van der Waals surface area contributed by atoms with Crippen molar-refractivity contribution in [3.63, 3.8) is 0 Å². The van der Waals surface area contributed by atoms with Crippen LogP contribution in [0.5, 0.6) is 0 Å². The van der Waals surface area contributed by atoms with E-state index in [0.29, 0.717) is 6.54 Å². The molecule has 0 bridgehead atoms. The van der Waals surface area contributed by atoms with E-state index in [1.165, 1.54) is 35.0 Å². The molecule has 2 aromatic carbocycles. The standard InChI is InChI=1S/C32H43N5O2/c1-4-5-10-15-33-31(38)21-36(22-32(39)35(3)26-18-24-12-8-9-13-25(24)19-26)30-20-28-27(17-23(30)2)29-14-7-6-11-16-37(29)34-28/h8-9,12-13,17,20,26H,4-7,10-11,14-16,18-19,21-22H2,1-3H3,(H,33,38). The molecule has 1 aliphatic heterocycles. The van der Waals surface area contributed by atoms with Gasteiger partial charge in [-0.3, -0.25) is 14.3 Å². The van der Waals surface area contributed by atoms with E-state index in [9.17, 15) is 9.59 Å². The van der Waals surface area contributed by atoms with Crippen LogP contribution in [0, 0.1) is 6.92 Å². The van der Waals surface area contributed by atoms with Gasteiger partial charge in [-0.1, -0.05) is 50.5 Å². The number of anilines is 1. The number of benzene rings is 2. The topological polar surface area (TPSA) is 70.5 Å². The Hall–Kier alpha value is -3.35. The highest BCUT2D eigenvalue weighted by atomic mass is 16.2. The second-order valence-electron chi connectivity index (χ2n) is 11.4. The molecule has 208 valence electrons. The molecule has 1 N–H and O–H groups in total. The first kappa shape index (κ1) is 27.2. The average Bonchev–Trinajstić information content (AvgIpc) is 3.42. The fourth-order valence-corrected chi connectivity index (χ4v) is 6.20. The number of carbonyl (C=O) groups is 2. The number of aromatic nitrogens is 2. The number of hydrogen-bond donors (Lipinski definition) is 1. The van der Waals surface area contributed by atoms with Crippen molar-refractivity contribution in [1.29, 1.82) is 0 Å². The van der Waals surface area contributed by atoms with Crippen LogP contribution in [0.4, 0.5) is 5.69 Å². The smallest absolute Gasteiger partial charge is 0.242 e. The summed E-state index contributed by atoms with van der Waals surface area (Å²) >= 11 is 0. The van der Waals surface area contributed by atoms with Gasteiger partial charge in [-0.25, -0.2) is 0 Å². The summed E-state index contributed by atoms with van der Waals surface area (Å²) in [5, 5.41) is 9.21. The SMILES string of the molecule is CCCCCNC(=O)CN(CC(=O)N(C)C1Cc2ccccc2C1)c1cc2nn3c(c2cc1C)CCCCC3. The van der Waals surface area contributed by atoms with Gasteiger partial charge in [0, 0.05) is 42.9 Å². The number of nitrogens with one attached hydrogen (secondary N) is 1. The first-order valence-electron chi connectivity index (χ1n) is 14.8. The molecule has 2 amide bonds. The Balaban J connectivity index is 1.37. The summed E-state index contributed by atoms with van der Waals surface area (Å²) < 4.78 is 2.17. The van der Waals surface area contributed by atoms with Crippen LogP contribution in [0.15, 0.2) is 36.4 Å². The van der Waals surface area contributed by atoms with E-state index in [0.717, 1.165) is 68.3 Å². The number of hydrogen-bond acceptors (Lipinski definition) is 4. The van der Waals surface area contributed by atoms with E-state index >= 15 is 0 Å². The lowest BCUT2D eigenvalue weighted by molar-refractivity contribution is -0.130. The van der Waals surface area contributed by atoms with Gasteiger partial charge in [-0.15, -0.1) is 0 Å². The molecule has 0 saturated carbocycles. The quantitative estimate of drug-likeness (QED) is 0.383.